The zero-order valence-electron chi connectivity index (χ0n) is 15.9. The Balaban J connectivity index is 1.78. The number of benzene rings is 2. The van der Waals surface area contributed by atoms with Crippen LogP contribution in [-0.4, -0.2) is 20.3 Å². The van der Waals surface area contributed by atoms with Crippen molar-refractivity contribution in [3.8, 4) is 5.69 Å². The third-order valence-electron chi connectivity index (χ3n) is 4.46. The Morgan fingerprint density at radius 2 is 1.63 bits per heavy atom. The number of rotatable bonds is 6. The fraction of sp³-hybridized carbons (Fsp3) is 0.0909. The number of carbonyl (C=O) groups is 1. The second kappa shape index (κ2) is 8.44. The molecule has 8 heteroatoms. The van der Waals surface area contributed by atoms with Crippen LogP contribution < -0.4 is 16.6 Å². The molecule has 0 aliphatic carbocycles. The molecule has 0 aliphatic rings. The number of aromatic nitrogens is 3. The molecule has 0 spiro atoms. The van der Waals surface area contributed by atoms with E-state index in [4.69, 9.17) is 4.42 Å². The number of hydrogen-bond donors (Lipinski definition) is 1. The Bertz CT molecular complexity index is 1260. The average Bonchev–Trinajstić information content (AvgIpc) is 3.30. The minimum Gasteiger partial charge on any atom is -0.467 e. The summed E-state index contributed by atoms with van der Waals surface area (Å²) in [5.74, 6) is -0.160. The first-order valence-electron chi connectivity index (χ1n) is 9.27. The van der Waals surface area contributed by atoms with Crippen molar-refractivity contribution in [3.63, 3.8) is 0 Å². The molecule has 0 unspecified atom stereocenters. The van der Waals surface area contributed by atoms with E-state index in [9.17, 15) is 14.4 Å². The molecule has 4 rings (SSSR count). The predicted molar refractivity (Wildman–Crippen MR) is 110 cm³/mol. The number of furan rings is 1. The lowest BCUT2D eigenvalue weighted by Gasteiger charge is -2.12. The lowest BCUT2D eigenvalue weighted by atomic mass is 10.2. The molecule has 0 radical (unpaired) electrons. The maximum atomic E-state index is 13.0. The van der Waals surface area contributed by atoms with Gasteiger partial charge in [-0.05, 0) is 29.8 Å². The first kappa shape index (κ1) is 19.1. The zero-order valence-corrected chi connectivity index (χ0v) is 15.9. The summed E-state index contributed by atoms with van der Waals surface area (Å²) < 4.78 is 7.26. The van der Waals surface area contributed by atoms with E-state index in [0.717, 1.165) is 14.8 Å². The van der Waals surface area contributed by atoms with Gasteiger partial charge >= 0.3 is 5.69 Å². The van der Waals surface area contributed by atoms with Crippen molar-refractivity contribution in [1.82, 2.24) is 19.7 Å². The number of carbonyl (C=O) groups excluding carboxylic acids is 1. The van der Waals surface area contributed by atoms with Crippen LogP contribution in [-0.2, 0) is 13.1 Å². The smallest absolute Gasteiger partial charge is 0.352 e. The lowest BCUT2D eigenvalue weighted by Crippen LogP contribution is -2.46. The van der Waals surface area contributed by atoms with Crippen molar-refractivity contribution in [2.75, 3.05) is 0 Å². The molecule has 0 aliphatic heterocycles. The van der Waals surface area contributed by atoms with Crippen LogP contribution in [0.3, 0.4) is 0 Å². The summed E-state index contributed by atoms with van der Waals surface area (Å²) in [6.45, 7) is 0.114. The Kier molecular flexibility index (Phi) is 5.38. The van der Waals surface area contributed by atoms with E-state index in [0.29, 0.717) is 11.4 Å². The summed E-state index contributed by atoms with van der Waals surface area (Å²) in [6, 6.07) is 21.1. The Morgan fingerprint density at radius 1 is 0.933 bits per heavy atom. The van der Waals surface area contributed by atoms with Gasteiger partial charge in [0.2, 0.25) is 5.69 Å². The highest BCUT2D eigenvalue weighted by Crippen LogP contribution is 2.04. The fourth-order valence-corrected chi connectivity index (χ4v) is 2.96. The summed E-state index contributed by atoms with van der Waals surface area (Å²) in [5.41, 5.74) is -0.555. The molecule has 0 atom stereocenters. The van der Waals surface area contributed by atoms with Gasteiger partial charge in [-0.15, -0.1) is 0 Å². The average molecular weight is 402 g/mol. The molecule has 0 saturated heterocycles. The van der Waals surface area contributed by atoms with Gasteiger partial charge in [-0.25, -0.2) is 4.79 Å². The molecule has 0 fully saturated rings. The van der Waals surface area contributed by atoms with Gasteiger partial charge in [-0.3, -0.25) is 14.2 Å². The number of para-hydroxylation sites is 1. The maximum absolute atomic E-state index is 13.0. The van der Waals surface area contributed by atoms with Gasteiger partial charge in [0.15, 0.2) is 0 Å². The van der Waals surface area contributed by atoms with Gasteiger partial charge in [0.05, 0.1) is 25.0 Å². The molecule has 2 aromatic carbocycles. The molecule has 4 aromatic rings. The van der Waals surface area contributed by atoms with Crippen molar-refractivity contribution in [2.24, 2.45) is 0 Å². The van der Waals surface area contributed by atoms with E-state index < -0.39 is 17.2 Å². The number of nitrogens with one attached hydrogen (secondary N) is 1. The standard InChI is InChI=1S/C22H18N4O4/c27-20(23-14-18-12-7-13-30-18)19-21(28)25(15-16-8-3-1-4-9-16)22(29)26(24-19)17-10-5-2-6-11-17/h1-13H,14-15H2,(H,23,27). The van der Waals surface area contributed by atoms with Gasteiger partial charge < -0.3 is 9.73 Å². The number of nitrogens with zero attached hydrogens (tertiary/aromatic N) is 3. The molecule has 2 heterocycles. The number of amides is 1. The van der Waals surface area contributed by atoms with E-state index in [1.165, 1.54) is 6.26 Å². The lowest BCUT2D eigenvalue weighted by molar-refractivity contribution is 0.0938. The third kappa shape index (κ3) is 3.97. The first-order chi connectivity index (χ1) is 14.6. The molecule has 8 nitrogen and oxygen atoms in total. The molecule has 150 valence electrons. The van der Waals surface area contributed by atoms with Gasteiger partial charge in [0.25, 0.3) is 11.5 Å². The van der Waals surface area contributed by atoms with Crippen molar-refractivity contribution >= 4 is 5.91 Å². The Labute approximate surface area is 171 Å². The van der Waals surface area contributed by atoms with Crippen LogP contribution >= 0.6 is 0 Å². The summed E-state index contributed by atoms with van der Waals surface area (Å²) in [6.07, 6.45) is 1.49. The summed E-state index contributed by atoms with van der Waals surface area (Å²) in [7, 11) is 0. The third-order valence-corrected chi connectivity index (χ3v) is 4.46. The molecule has 1 amide bonds. The SMILES string of the molecule is O=C(NCc1ccco1)c1nn(-c2ccccc2)c(=O)n(Cc2ccccc2)c1=O. The van der Waals surface area contributed by atoms with E-state index in [-0.39, 0.29) is 18.8 Å². The molecule has 1 N–H and O–H groups in total. The normalized spacial score (nSPS) is 10.7. The quantitative estimate of drug-likeness (QED) is 0.532. The van der Waals surface area contributed by atoms with Crippen LogP contribution in [0.4, 0.5) is 0 Å². The molecule has 30 heavy (non-hydrogen) atoms. The van der Waals surface area contributed by atoms with E-state index >= 15 is 0 Å². The predicted octanol–water partition coefficient (Wildman–Crippen LogP) is 1.97. The van der Waals surface area contributed by atoms with Crippen LogP contribution in [0.15, 0.2) is 93.1 Å². The van der Waals surface area contributed by atoms with Gasteiger partial charge in [-0.2, -0.15) is 9.78 Å². The second-order valence-corrected chi connectivity index (χ2v) is 6.52. The van der Waals surface area contributed by atoms with Gasteiger partial charge in [0.1, 0.15) is 5.76 Å². The summed E-state index contributed by atoms with van der Waals surface area (Å²) in [4.78, 5) is 38.7. The van der Waals surface area contributed by atoms with Crippen molar-refractivity contribution < 1.29 is 9.21 Å². The van der Waals surface area contributed by atoms with Crippen LogP contribution in [0, 0.1) is 0 Å². The van der Waals surface area contributed by atoms with Gasteiger partial charge in [0, 0.05) is 0 Å². The van der Waals surface area contributed by atoms with E-state index in [1.54, 1.807) is 54.6 Å². The molecule has 2 aromatic heterocycles. The van der Waals surface area contributed by atoms with Crippen LogP contribution in [0.2, 0.25) is 0 Å². The van der Waals surface area contributed by atoms with Crippen LogP contribution in [0.25, 0.3) is 5.69 Å². The largest absolute Gasteiger partial charge is 0.467 e. The van der Waals surface area contributed by atoms with E-state index in [2.05, 4.69) is 10.4 Å². The number of hydrogen-bond acceptors (Lipinski definition) is 5. The highest BCUT2D eigenvalue weighted by Gasteiger charge is 2.20. The highest BCUT2D eigenvalue weighted by atomic mass is 16.3. The molecular formula is C22H18N4O4. The Morgan fingerprint density at radius 3 is 2.30 bits per heavy atom. The fourth-order valence-electron chi connectivity index (χ4n) is 2.96. The molecule has 0 bridgehead atoms. The highest BCUT2D eigenvalue weighted by molar-refractivity contribution is 5.91. The van der Waals surface area contributed by atoms with Gasteiger partial charge in [-0.1, -0.05) is 48.5 Å². The van der Waals surface area contributed by atoms with E-state index in [1.807, 2.05) is 18.2 Å². The minimum absolute atomic E-state index is 0.0202. The first-order valence-corrected chi connectivity index (χ1v) is 9.27. The topological polar surface area (TPSA) is 99.1 Å². The van der Waals surface area contributed by atoms with Crippen LogP contribution in [0.1, 0.15) is 21.8 Å². The van der Waals surface area contributed by atoms with Crippen molar-refractivity contribution in [3.05, 3.63) is 117 Å². The molecular weight excluding hydrogens is 384 g/mol. The second-order valence-electron chi connectivity index (χ2n) is 6.52. The summed E-state index contributed by atoms with van der Waals surface area (Å²) in [5, 5.41) is 6.68. The van der Waals surface area contributed by atoms with Crippen LogP contribution in [0.5, 0.6) is 0 Å². The monoisotopic (exact) mass is 402 g/mol. The summed E-state index contributed by atoms with van der Waals surface area (Å²) >= 11 is 0. The minimum atomic E-state index is -0.757. The van der Waals surface area contributed by atoms with Crippen molar-refractivity contribution in [2.45, 2.75) is 13.1 Å². The zero-order chi connectivity index (χ0) is 20.9. The van der Waals surface area contributed by atoms with Crippen molar-refractivity contribution in [1.29, 1.82) is 0 Å². The Hall–Kier alpha value is -4.20. The molecule has 0 saturated carbocycles. The maximum Gasteiger partial charge on any atom is 0.352 e.